The number of methoxy groups -OCH3 is 1. The average molecular weight is 427 g/mol. The highest BCUT2D eigenvalue weighted by Gasteiger charge is 2.51. The Hall–Kier alpha value is -2.67. The molecule has 0 unspecified atom stereocenters. The molecule has 7 heteroatoms. The molecule has 4 rings (SSSR count). The van der Waals surface area contributed by atoms with E-state index in [4.69, 9.17) is 4.74 Å². The third-order valence-corrected chi connectivity index (χ3v) is 5.41. The predicted octanol–water partition coefficient (Wildman–Crippen LogP) is 3.59. The van der Waals surface area contributed by atoms with Crippen LogP contribution in [0.4, 0.5) is 0 Å². The van der Waals surface area contributed by atoms with Crippen molar-refractivity contribution in [1.82, 2.24) is 20.5 Å². The molecule has 6 nitrogen and oxygen atoms in total. The number of halogens is 1. The van der Waals surface area contributed by atoms with Crippen LogP contribution >= 0.6 is 15.9 Å². The molecule has 0 atom stereocenters. The molecule has 1 heterocycles. The molecule has 1 saturated carbocycles. The van der Waals surface area contributed by atoms with E-state index in [1.165, 1.54) is 0 Å². The van der Waals surface area contributed by atoms with Gasteiger partial charge in [-0.15, -0.1) is 0 Å². The van der Waals surface area contributed by atoms with Gasteiger partial charge in [0.2, 0.25) is 5.91 Å². The lowest BCUT2D eigenvalue weighted by molar-refractivity contribution is -0.123. The standard InChI is InChI=1S/C20H19BrN4O2/c1-27-16-8-2-13(3-9-16)18-23-17(24-25-18)12-22-19(26)20(10-11-20)14-4-6-15(21)7-5-14/h2-9H,10-12H2,1H3,(H,22,26)(H,23,24,25). The third-order valence-electron chi connectivity index (χ3n) is 4.88. The van der Waals surface area contributed by atoms with E-state index >= 15 is 0 Å². The minimum absolute atomic E-state index is 0.0345. The molecule has 3 aromatic rings. The number of benzene rings is 2. The van der Waals surface area contributed by atoms with Crippen LogP contribution in [0.3, 0.4) is 0 Å². The summed E-state index contributed by atoms with van der Waals surface area (Å²) in [4.78, 5) is 17.2. The summed E-state index contributed by atoms with van der Waals surface area (Å²) in [6.45, 7) is 0.320. The molecule has 0 spiro atoms. The van der Waals surface area contributed by atoms with Crippen molar-refractivity contribution >= 4 is 21.8 Å². The van der Waals surface area contributed by atoms with E-state index in [1.807, 2.05) is 48.5 Å². The molecule has 1 aromatic heterocycles. The molecule has 0 bridgehead atoms. The molecule has 0 radical (unpaired) electrons. The van der Waals surface area contributed by atoms with E-state index in [0.29, 0.717) is 18.2 Å². The van der Waals surface area contributed by atoms with Crippen LogP contribution in [-0.2, 0) is 16.8 Å². The van der Waals surface area contributed by atoms with Gasteiger partial charge in [-0.3, -0.25) is 9.89 Å². The molecule has 2 N–H and O–H groups in total. The normalized spacial score (nSPS) is 14.6. The zero-order valence-electron chi connectivity index (χ0n) is 14.8. The third kappa shape index (κ3) is 3.60. The smallest absolute Gasteiger partial charge is 0.231 e. The van der Waals surface area contributed by atoms with Gasteiger partial charge >= 0.3 is 0 Å². The summed E-state index contributed by atoms with van der Waals surface area (Å²) >= 11 is 3.43. The number of amides is 1. The number of H-pyrrole nitrogens is 1. The van der Waals surface area contributed by atoms with Gasteiger partial charge in [0.15, 0.2) is 5.82 Å². The maximum Gasteiger partial charge on any atom is 0.231 e. The van der Waals surface area contributed by atoms with Gasteiger partial charge in [0.25, 0.3) is 0 Å². The minimum Gasteiger partial charge on any atom is -0.497 e. The van der Waals surface area contributed by atoms with Crippen molar-refractivity contribution < 1.29 is 9.53 Å². The van der Waals surface area contributed by atoms with Crippen molar-refractivity contribution in [1.29, 1.82) is 0 Å². The lowest BCUT2D eigenvalue weighted by Gasteiger charge is -2.15. The Bertz CT molecular complexity index is 947. The molecule has 2 aromatic carbocycles. The molecule has 27 heavy (non-hydrogen) atoms. The maximum absolute atomic E-state index is 12.7. The molecular formula is C20H19BrN4O2. The number of hydrogen-bond donors (Lipinski definition) is 2. The molecular weight excluding hydrogens is 408 g/mol. The van der Waals surface area contributed by atoms with E-state index < -0.39 is 5.41 Å². The Morgan fingerprint density at radius 2 is 1.89 bits per heavy atom. The molecule has 1 aliphatic rings. The predicted molar refractivity (Wildman–Crippen MR) is 105 cm³/mol. The number of hydrogen-bond acceptors (Lipinski definition) is 4. The molecule has 0 saturated heterocycles. The molecule has 0 aliphatic heterocycles. The van der Waals surface area contributed by atoms with Crippen molar-refractivity contribution in [2.45, 2.75) is 24.8 Å². The number of carbonyl (C=O) groups excluding carboxylic acids is 1. The second-order valence-corrected chi connectivity index (χ2v) is 7.52. The van der Waals surface area contributed by atoms with Gasteiger partial charge in [0.05, 0.1) is 19.1 Å². The van der Waals surface area contributed by atoms with Crippen LogP contribution in [0.25, 0.3) is 11.4 Å². The average Bonchev–Trinajstić information content (AvgIpc) is 3.38. The van der Waals surface area contributed by atoms with Crippen LogP contribution in [0.1, 0.15) is 24.2 Å². The van der Waals surface area contributed by atoms with Crippen LogP contribution in [-0.4, -0.2) is 28.2 Å². The number of ether oxygens (including phenoxy) is 1. The molecule has 1 aliphatic carbocycles. The highest BCUT2D eigenvalue weighted by Crippen LogP contribution is 2.48. The monoisotopic (exact) mass is 426 g/mol. The van der Waals surface area contributed by atoms with E-state index in [2.05, 4.69) is 36.4 Å². The number of nitrogens with one attached hydrogen (secondary N) is 2. The van der Waals surface area contributed by atoms with Crippen molar-refractivity contribution in [3.05, 3.63) is 64.4 Å². The summed E-state index contributed by atoms with van der Waals surface area (Å²) in [5.74, 6) is 2.04. The van der Waals surface area contributed by atoms with E-state index in [9.17, 15) is 4.79 Å². The van der Waals surface area contributed by atoms with E-state index in [0.717, 1.165) is 34.2 Å². The van der Waals surface area contributed by atoms with E-state index in [1.54, 1.807) is 7.11 Å². The van der Waals surface area contributed by atoms with Gasteiger partial charge in [-0.1, -0.05) is 28.1 Å². The van der Waals surface area contributed by atoms with Crippen molar-refractivity contribution in [3.8, 4) is 17.1 Å². The Morgan fingerprint density at radius 1 is 1.19 bits per heavy atom. The van der Waals surface area contributed by atoms with Gasteiger partial charge in [0.1, 0.15) is 11.6 Å². The first-order valence-electron chi connectivity index (χ1n) is 8.71. The zero-order valence-corrected chi connectivity index (χ0v) is 16.4. The van der Waals surface area contributed by atoms with Crippen molar-refractivity contribution in [3.63, 3.8) is 0 Å². The van der Waals surface area contributed by atoms with Crippen LogP contribution < -0.4 is 10.1 Å². The Balaban J connectivity index is 1.41. The molecule has 138 valence electrons. The van der Waals surface area contributed by atoms with Crippen LogP contribution in [0.5, 0.6) is 5.75 Å². The highest BCUT2D eigenvalue weighted by molar-refractivity contribution is 9.10. The SMILES string of the molecule is COc1ccc(-c2n[nH]c(CNC(=O)C3(c4ccc(Br)cc4)CC3)n2)cc1. The first-order chi connectivity index (χ1) is 13.1. The van der Waals surface area contributed by atoms with Crippen molar-refractivity contribution in [2.24, 2.45) is 0 Å². The Kier molecular flexibility index (Phi) is 4.70. The number of carbonyl (C=O) groups is 1. The summed E-state index contributed by atoms with van der Waals surface area (Å²) < 4.78 is 6.17. The number of rotatable bonds is 6. The van der Waals surface area contributed by atoms with Gasteiger partial charge in [0, 0.05) is 10.0 Å². The summed E-state index contributed by atoms with van der Waals surface area (Å²) in [6, 6.07) is 15.5. The summed E-state index contributed by atoms with van der Waals surface area (Å²) in [6.07, 6.45) is 1.74. The van der Waals surface area contributed by atoms with Crippen LogP contribution in [0, 0.1) is 0 Å². The van der Waals surface area contributed by atoms with E-state index in [-0.39, 0.29) is 5.91 Å². The number of nitrogens with zero attached hydrogens (tertiary/aromatic N) is 2. The lowest BCUT2D eigenvalue weighted by Crippen LogP contribution is -2.34. The maximum atomic E-state index is 12.7. The van der Waals surface area contributed by atoms with Gasteiger partial charge in [-0.2, -0.15) is 5.10 Å². The highest BCUT2D eigenvalue weighted by atomic mass is 79.9. The van der Waals surface area contributed by atoms with Crippen molar-refractivity contribution in [2.75, 3.05) is 7.11 Å². The quantitative estimate of drug-likeness (QED) is 0.630. The Morgan fingerprint density at radius 3 is 2.52 bits per heavy atom. The van der Waals surface area contributed by atoms with Crippen LogP contribution in [0.2, 0.25) is 0 Å². The number of aromatic nitrogens is 3. The van der Waals surface area contributed by atoms with Gasteiger partial charge < -0.3 is 10.1 Å². The summed E-state index contributed by atoms with van der Waals surface area (Å²) in [5.41, 5.74) is 1.54. The largest absolute Gasteiger partial charge is 0.497 e. The fraction of sp³-hybridized carbons (Fsp3) is 0.250. The first-order valence-corrected chi connectivity index (χ1v) is 9.50. The molecule has 1 amide bonds. The fourth-order valence-electron chi connectivity index (χ4n) is 3.12. The molecule has 1 fully saturated rings. The second-order valence-electron chi connectivity index (χ2n) is 6.61. The fourth-order valence-corrected chi connectivity index (χ4v) is 3.38. The van der Waals surface area contributed by atoms with Gasteiger partial charge in [-0.05, 0) is 54.8 Å². The van der Waals surface area contributed by atoms with Crippen LogP contribution in [0.15, 0.2) is 53.0 Å². The Labute approximate surface area is 165 Å². The summed E-state index contributed by atoms with van der Waals surface area (Å²) in [7, 11) is 1.63. The minimum atomic E-state index is -0.403. The number of aromatic amines is 1. The zero-order chi connectivity index (χ0) is 18.9. The topological polar surface area (TPSA) is 79.9 Å². The second kappa shape index (κ2) is 7.15. The first kappa shape index (κ1) is 17.7. The van der Waals surface area contributed by atoms with Gasteiger partial charge in [-0.25, -0.2) is 4.98 Å². The summed E-state index contributed by atoms with van der Waals surface area (Å²) in [5, 5.41) is 10.1. The lowest BCUT2D eigenvalue weighted by atomic mass is 9.95.